The largest absolute Gasteiger partial charge is 0.508 e. The van der Waals surface area contributed by atoms with Crippen molar-refractivity contribution in [2.45, 2.75) is 0 Å². The Morgan fingerprint density at radius 2 is 1.00 bits per heavy atom. The first-order valence-electron chi connectivity index (χ1n) is 10.0. The number of nitrogens with zero attached hydrogens (tertiary/aromatic N) is 1. The van der Waals surface area contributed by atoms with Crippen molar-refractivity contribution in [2.24, 2.45) is 0 Å². The number of aromatic hydroxyl groups is 1. The lowest BCUT2D eigenvalue weighted by atomic mass is 10.0. The molecular weight excluding hydrogens is 366 g/mol. The van der Waals surface area contributed by atoms with Gasteiger partial charge in [0.2, 0.25) is 0 Å². The maximum Gasteiger partial charge on any atom is 0.115 e. The van der Waals surface area contributed by atoms with Gasteiger partial charge >= 0.3 is 0 Å². The van der Waals surface area contributed by atoms with Crippen LogP contribution in [0.2, 0.25) is 0 Å². The van der Waals surface area contributed by atoms with Crippen LogP contribution in [0.5, 0.6) is 5.75 Å². The van der Waals surface area contributed by atoms with E-state index < -0.39 is 0 Å². The number of rotatable bonds is 4. The summed E-state index contributed by atoms with van der Waals surface area (Å²) < 4.78 is 2.28. The van der Waals surface area contributed by atoms with Crippen molar-refractivity contribution in [3.63, 3.8) is 0 Å². The molecule has 1 N–H and O–H groups in total. The molecule has 0 radical (unpaired) electrons. The van der Waals surface area contributed by atoms with Crippen molar-refractivity contribution in [1.29, 1.82) is 0 Å². The lowest BCUT2D eigenvalue weighted by Crippen LogP contribution is -1.99. The Balaban J connectivity index is 1.88. The molecule has 5 rings (SSSR count). The molecule has 1 heterocycles. The van der Waals surface area contributed by atoms with Crippen LogP contribution in [-0.2, 0) is 0 Å². The number of benzene rings is 4. The fraction of sp³-hybridized carbons (Fsp3) is 0. The predicted octanol–water partition coefficient (Wildman–Crippen LogP) is 7.18. The Labute approximate surface area is 176 Å². The second-order valence-corrected chi connectivity index (χ2v) is 7.24. The standard InChI is InChI=1S/C28H21NO/c30-25-18-16-24(17-19-25)29-27(22-12-6-2-7-13-22)20-26(21-10-4-1-5-11-21)28(29)23-14-8-3-9-15-23/h1-20,30H. The topological polar surface area (TPSA) is 25.2 Å². The van der Waals surface area contributed by atoms with Gasteiger partial charge in [-0.15, -0.1) is 0 Å². The third kappa shape index (κ3) is 3.29. The normalized spacial score (nSPS) is 10.8. The van der Waals surface area contributed by atoms with Crippen LogP contribution in [0, 0.1) is 0 Å². The monoisotopic (exact) mass is 387 g/mol. The summed E-state index contributed by atoms with van der Waals surface area (Å²) in [5.41, 5.74) is 7.88. The SMILES string of the molecule is Oc1ccc(-n2c(-c3ccccc3)cc(-c3ccccc3)c2-c2ccccc2)cc1. The number of hydrogen-bond acceptors (Lipinski definition) is 1. The Morgan fingerprint density at radius 1 is 0.500 bits per heavy atom. The molecule has 0 saturated heterocycles. The molecule has 0 saturated carbocycles. The zero-order chi connectivity index (χ0) is 20.3. The van der Waals surface area contributed by atoms with Gasteiger partial charge in [0, 0.05) is 11.3 Å². The minimum Gasteiger partial charge on any atom is -0.508 e. The third-order valence-electron chi connectivity index (χ3n) is 5.31. The van der Waals surface area contributed by atoms with E-state index in [2.05, 4.69) is 83.4 Å². The van der Waals surface area contributed by atoms with E-state index in [1.54, 1.807) is 12.1 Å². The van der Waals surface area contributed by atoms with E-state index in [0.717, 1.165) is 28.2 Å². The summed E-state index contributed by atoms with van der Waals surface area (Å²) in [6.45, 7) is 0. The number of phenols is 1. The lowest BCUT2D eigenvalue weighted by molar-refractivity contribution is 0.475. The van der Waals surface area contributed by atoms with Crippen molar-refractivity contribution in [3.05, 3.63) is 121 Å². The minimum atomic E-state index is 0.261. The highest BCUT2D eigenvalue weighted by Gasteiger charge is 2.20. The second-order valence-electron chi connectivity index (χ2n) is 7.24. The van der Waals surface area contributed by atoms with E-state index in [4.69, 9.17) is 0 Å². The fourth-order valence-corrected chi connectivity index (χ4v) is 3.92. The van der Waals surface area contributed by atoms with E-state index >= 15 is 0 Å². The van der Waals surface area contributed by atoms with Gasteiger partial charge in [0.15, 0.2) is 0 Å². The van der Waals surface area contributed by atoms with E-state index in [9.17, 15) is 5.11 Å². The van der Waals surface area contributed by atoms with Gasteiger partial charge < -0.3 is 9.67 Å². The highest BCUT2D eigenvalue weighted by Crippen LogP contribution is 2.41. The Bertz CT molecular complexity index is 1260. The van der Waals surface area contributed by atoms with Crippen LogP contribution in [0.25, 0.3) is 39.3 Å². The van der Waals surface area contributed by atoms with Gasteiger partial charge in [-0.3, -0.25) is 0 Å². The van der Waals surface area contributed by atoms with Crippen LogP contribution < -0.4 is 0 Å². The second kappa shape index (κ2) is 7.76. The minimum absolute atomic E-state index is 0.261. The van der Waals surface area contributed by atoms with Gasteiger partial charge in [-0.2, -0.15) is 0 Å². The molecule has 0 aliphatic rings. The number of phenolic OH excluding ortho intramolecular Hbond substituents is 1. The summed E-state index contributed by atoms with van der Waals surface area (Å²) in [6.07, 6.45) is 0. The molecule has 1 aromatic heterocycles. The van der Waals surface area contributed by atoms with Crippen molar-refractivity contribution in [3.8, 4) is 45.1 Å². The van der Waals surface area contributed by atoms with Crippen molar-refractivity contribution >= 4 is 0 Å². The van der Waals surface area contributed by atoms with Gasteiger partial charge in [0.1, 0.15) is 5.75 Å². The fourth-order valence-electron chi connectivity index (χ4n) is 3.92. The van der Waals surface area contributed by atoms with Crippen LogP contribution in [-0.4, -0.2) is 9.67 Å². The molecule has 0 spiro atoms. The predicted molar refractivity (Wildman–Crippen MR) is 124 cm³/mol. The first-order chi connectivity index (χ1) is 14.8. The summed E-state index contributed by atoms with van der Waals surface area (Å²) >= 11 is 0. The van der Waals surface area contributed by atoms with E-state index in [0.29, 0.717) is 0 Å². The third-order valence-corrected chi connectivity index (χ3v) is 5.31. The smallest absolute Gasteiger partial charge is 0.115 e. The molecule has 30 heavy (non-hydrogen) atoms. The molecule has 144 valence electrons. The molecule has 0 amide bonds. The van der Waals surface area contributed by atoms with Crippen molar-refractivity contribution < 1.29 is 5.11 Å². The van der Waals surface area contributed by atoms with Gasteiger partial charge in [0.25, 0.3) is 0 Å². The highest BCUT2D eigenvalue weighted by molar-refractivity contribution is 5.88. The molecule has 2 nitrogen and oxygen atoms in total. The molecule has 0 unspecified atom stereocenters. The van der Waals surface area contributed by atoms with E-state index in [1.807, 2.05) is 30.3 Å². The summed E-state index contributed by atoms with van der Waals surface area (Å²) in [5.74, 6) is 0.261. The maximum absolute atomic E-state index is 9.85. The Kier molecular flexibility index (Phi) is 4.66. The zero-order valence-electron chi connectivity index (χ0n) is 16.4. The van der Waals surface area contributed by atoms with Crippen LogP contribution in [0.4, 0.5) is 0 Å². The lowest BCUT2D eigenvalue weighted by Gasteiger charge is -2.16. The molecule has 0 bridgehead atoms. The average Bonchev–Trinajstić information content (AvgIpc) is 3.22. The van der Waals surface area contributed by atoms with Crippen LogP contribution >= 0.6 is 0 Å². The summed E-state index contributed by atoms with van der Waals surface area (Å²) in [5, 5.41) is 9.85. The van der Waals surface area contributed by atoms with Crippen molar-refractivity contribution in [1.82, 2.24) is 4.57 Å². The van der Waals surface area contributed by atoms with Gasteiger partial charge in [-0.1, -0.05) is 91.0 Å². The number of aromatic nitrogens is 1. The molecular formula is C28H21NO. The van der Waals surface area contributed by atoms with E-state index in [-0.39, 0.29) is 5.75 Å². The molecule has 0 fully saturated rings. The Morgan fingerprint density at radius 3 is 1.57 bits per heavy atom. The first-order valence-corrected chi connectivity index (χ1v) is 10.0. The van der Waals surface area contributed by atoms with Gasteiger partial charge in [-0.25, -0.2) is 0 Å². The molecule has 2 heteroatoms. The quantitative estimate of drug-likeness (QED) is 0.347. The van der Waals surface area contributed by atoms with Gasteiger partial charge in [0.05, 0.1) is 11.4 Å². The molecule has 0 aliphatic carbocycles. The summed E-state index contributed by atoms with van der Waals surface area (Å²) in [6, 6.07) is 41.1. The molecule has 4 aromatic carbocycles. The average molecular weight is 387 g/mol. The van der Waals surface area contributed by atoms with Crippen molar-refractivity contribution in [2.75, 3.05) is 0 Å². The first kappa shape index (κ1) is 18.0. The van der Waals surface area contributed by atoms with Crippen LogP contribution in [0.15, 0.2) is 121 Å². The zero-order valence-corrected chi connectivity index (χ0v) is 16.4. The summed E-state index contributed by atoms with van der Waals surface area (Å²) in [7, 11) is 0. The van der Waals surface area contributed by atoms with Gasteiger partial charge in [-0.05, 0) is 47.0 Å². The highest BCUT2D eigenvalue weighted by atomic mass is 16.3. The van der Waals surface area contributed by atoms with E-state index in [1.165, 1.54) is 11.1 Å². The van der Waals surface area contributed by atoms with Crippen LogP contribution in [0.3, 0.4) is 0 Å². The molecule has 5 aromatic rings. The summed E-state index contributed by atoms with van der Waals surface area (Å²) in [4.78, 5) is 0. The molecule has 0 aliphatic heterocycles. The maximum atomic E-state index is 9.85. The van der Waals surface area contributed by atoms with Crippen LogP contribution in [0.1, 0.15) is 0 Å². The number of hydrogen-bond donors (Lipinski definition) is 1. The Hall–Kier alpha value is -4.04. The molecule has 0 atom stereocenters.